The smallest absolute Gasteiger partial charge is 0.493 e. The number of methoxy groups -OCH3 is 1. The molecule has 0 unspecified atom stereocenters. The number of benzene rings is 2. The van der Waals surface area contributed by atoms with Crippen molar-refractivity contribution in [3.05, 3.63) is 71.5 Å². The van der Waals surface area contributed by atoms with Crippen LogP contribution in [0, 0.1) is 5.92 Å². The topological polar surface area (TPSA) is 113 Å². The number of nitrogens with zero attached hydrogens (tertiary/aromatic N) is 1. The molecule has 14 heteroatoms. The molecule has 1 aliphatic carbocycles. The number of hydrogen-bond acceptors (Lipinski definition) is 6. The van der Waals surface area contributed by atoms with Crippen LogP contribution in [-0.4, -0.2) is 36.4 Å². The molecule has 224 valence electrons. The Labute approximate surface area is 235 Å². The first-order valence-corrected chi connectivity index (χ1v) is 12.6. The van der Waals surface area contributed by atoms with Crippen molar-refractivity contribution in [3.8, 4) is 23.0 Å². The number of rotatable bonds is 8. The zero-order valence-corrected chi connectivity index (χ0v) is 22.0. The van der Waals surface area contributed by atoms with Gasteiger partial charge in [-0.2, -0.15) is 13.2 Å². The molecule has 1 aliphatic rings. The van der Waals surface area contributed by atoms with Gasteiger partial charge in [-0.05, 0) is 73.6 Å². The molecule has 0 spiro atoms. The molecule has 1 heterocycles. The molecule has 2 amide bonds. The van der Waals surface area contributed by atoms with E-state index in [1.54, 1.807) is 6.07 Å². The van der Waals surface area contributed by atoms with Crippen molar-refractivity contribution in [2.75, 3.05) is 12.4 Å². The second-order valence-electron chi connectivity index (χ2n) is 9.56. The molecule has 0 radical (unpaired) electrons. The number of carbonyl (C=O) groups is 2. The van der Waals surface area contributed by atoms with E-state index in [1.807, 2.05) is 0 Å². The van der Waals surface area contributed by atoms with Crippen LogP contribution in [-0.2, 0) is 0 Å². The van der Waals surface area contributed by atoms with Gasteiger partial charge in [-0.15, -0.1) is 13.2 Å². The summed E-state index contributed by atoms with van der Waals surface area (Å²) in [6.07, 6.45) is -7.54. The van der Waals surface area contributed by atoms with Crippen LogP contribution in [0.5, 0.6) is 23.0 Å². The maximum absolute atomic E-state index is 13.3. The summed E-state index contributed by atoms with van der Waals surface area (Å²) in [6.45, 7) is 0. The third-order valence-corrected chi connectivity index (χ3v) is 6.77. The van der Waals surface area contributed by atoms with E-state index in [1.165, 1.54) is 37.6 Å². The lowest BCUT2D eigenvalue weighted by Crippen LogP contribution is -2.27. The number of hydrogen-bond donors (Lipinski definition) is 2. The number of nitrogens with one attached hydrogen (secondary N) is 1. The molecule has 0 saturated heterocycles. The van der Waals surface area contributed by atoms with Crippen LogP contribution in [0.1, 0.15) is 58.0 Å². The minimum atomic E-state index is -4.95. The fourth-order valence-corrected chi connectivity index (χ4v) is 4.71. The Bertz CT molecular complexity index is 1450. The number of primary amides is 1. The second-order valence-corrected chi connectivity index (χ2v) is 9.56. The summed E-state index contributed by atoms with van der Waals surface area (Å²) in [6, 6.07) is 10.3. The molecule has 0 aliphatic heterocycles. The summed E-state index contributed by atoms with van der Waals surface area (Å²) < 4.78 is 92.7. The Kier molecular flexibility index (Phi) is 8.83. The first kappa shape index (κ1) is 30.5. The Balaban J connectivity index is 1.66. The maximum atomic E-state index is 13.3. The number of ether oxygens (including phenoxy) is 3. The molecule has 0 atom stereocenters. The van der Waals surface area contributed by atoms with Crippen molar-refractivity contribution >= 4 is 17.5 Å². The summed E-state index contributed by atoms with van der Waals surface area (Å²) in [7, 11) is 1.20. The molecule has 8 nitrogen and oxygen atoms in total. The molecule has 1 aromatic heterocycles. The first-order chi connectivity index (χ1) is 19.7. The van der Waals surface area contributed by atoms with Gasteiger partial charge in [-0.1, -0.05) is 6.07 Å². The summed E-state index contributed by atoms with van der Waals surface area (Å²) in [4.78, 5) is 28.6. The lowest BCUT2D eigenvalue weighted by atomic mass is 9.78. The Morgan fingerprint density at radius 2 is 1.62 bits per heavy atom. The van der Waals surface area contributed by atoms with Crippen LogP contribution in [0.2, 0.25) is 0 Å². The largest absolute Gasteiger partial charge is 0.573 e. The average molecular weight is 598 g/mol. The normalized spacial score (nSPS) is 17.3. The van der Waals surface area contributed by atoms with Crippen molar-refractivity contribution in [1.29, 1.82) is 0 Å². The highest BCUT2D eigenvalue weighted by atomic mass is 19.4. The molecule has 42 heavy (non-hydrogen) atoms. The highest BCUT2D eigenvalue weighted by molar-refractivity contribution is 6.06. The number of alkyl halides is 6. The van der Waals surface area contributed by atoms with E-state index in [0.29, 0.717) is 5.56 Å². The van der Waals surface area contributed by atoms with Crippen LogP contribution in [0.25, 0.3) is 0 Å². The van der Waals surface area contributed by atoms with E-state index in [4.69, 9.17) is 15.2 Å². The predicted octanol–water partition coefficient (Wildman–Crippen LogP) is 6.97. The zero-order valence-electron chi connectivity index (χ0n) is 22.0. The van der Waals surface area contributed by atoms with Crippen LogP contribution in [0.3, 0.4) is 0 Å². The molecule has 4 rings (SSSR count). The third kappa shape index (κ3) is 7.62. The number of pyridine rings is 1. The highest BCUT2D eigenvalue weighted by Gasteiger charge is 2.41. The lowest BCUT2D eigenvalue weighted by molar-refractivity contribution is -0.274. The summed E-state index contributed by atoms with van der Waals surface area (Å²) in [5.41, 5.74) is 5.95. The minimum absolute atomic E-state index is 0.0159. The van der Waals surface area contributed by atoms with E-state index in [2.05, 4.69) is 15.0 Å². The monoisotopic (exact) mass is 597 g/mol. The van der Waals surface area contributed by atoms with Crippen molar-refractivity contribution in [2.45, 2.75) is 44.1 Å². The van der Waals surface area contributed by atoms with Gasteiger partial charge in [0.05, 0.1) is 18.6 Å². The number of halogens is 6. The summed E-state index contributed by atoms with van der Waals surface area (Å²) >= 11 is 0. The molecule has 3 aromatic rings. The molecule has 1 saturated carbocycles. The minimum Gasteiger partial charge on any atom is -0.493 e. The molecular formula is C28H25F6N3O5. The number of aromatic nitrogens is 1. The average Bonchev–Trinajstić information content (AvgIpc) is 2.92. The molecule has 3 N–H and O–H groups in total. The van der Waals surface area contributed by atoms with Gasteiger partial charge in [0.2, 0.25) is 0 Å². The molecule has 2 aromatic carbocycles. The van der Waals surface area contributed by atoms with Gasteiger partial charge >= 0.3 is 12.5 Å². The van der Waals surface area contributed by atoms with E-state index < -0.39 is 36.0 Å². The summed E-state index contributed by atoms with van der Waals surface area (Å²) in [5.74, 6) is -3.93. The lowest BCUT2D eigenvalue weighted by Gasteiger charge is -2.30. The number of anilines is 1. The van der Waals surface area contributed by atoms with Crippen molar-refractivity contribution < 1.29 is 50.1 Å². The van der Waals surface area contributed by atoms with E-state index in [9.17, 15) is 35.9 Å². The molecule has 1 fully saturated rings. The molecule has 0 bridgehead atoms. The fraction of sp³-hybridized carbons (Fsp3) is 0.321. The third-order valence-electron chi connectivity index (χ3n) is 6.77. The first-order valence-electron chi connectivity index (χ1n) is 12.6. The predicted molar refractivity (Wildman–Crippen MR) is 138 cm³/mol. The highest BCUT2D eigenvalue weighted by Crippen LogP contribution is 2.44. The maximum Gasteiger partial charge on any atom is 0.573 e. The fourth-order valence-electron chi connectivity index (χ4n) is 4.71. The Hall–Kier alpha value is -4.49. The van der Waals surface area contributed by atoms with Crippen LogP contribution in [0.15, 0.2) is 54.7 Å². The number of carbonyl (C=O) groups excluding carboxylic acids is 2. The quantitative estimate of drug-likeness (QED) is 0.271. The van der Waals surface area contributed by atoms with Crippen LogP contribution >= 0.6 is 0 Å². The summed E-state index contributed by atoms with van der Waals surface area (Å²) in [5, 5.41) is 2.60. The van der Waals surface area contributed by atoms with E-state index in [0.717, 1.165) is 18.2 Å². The molecular weight excluding hydrogens is 572 g/mol. The van der Waals surface area contributed by atoms with Gasteiger partial charge in [0, 0.05) is 18.0 Å². The van der Waals surface area contributed by atoms with Crippen LogP contribution < -0.4 is 25.3 Å². The second kappa shape index (κ2) is 12.2. The van der Waals surface area contributed by atoms with Crippen molar-refractivity contribution in [2.24, 2.45) is 11.7 Å². The Morgan fingerprint density at radius 1 is 0.905 bits per heavy atom. The SMILES string of the molecule is COc1cc(OC(F)(F)F)ccc1Oc1cc(C2CCC(C(F)(F)F)CC2)ccc1C(=O)Nc1ccnc(C(N)=O)c1. The van der Waals surface area contributed by atoms with Gasteiger partial charge in [-0.3, -0.25) is 14.6 Å². The van der Waals surface area contributed by atoms with Crippen molar-refractivity contribution in [1.82, 2.24) is 4.98 Å². The van der Waals surface area contributed by atoms with Gasteiger partial charge in [0.25, 0.3) is 11.8 Å². The van der Waals surface area contributed by atoms with E-state index in [-0.39, 0.29) is 65.8 Å². The number of amides is 2. The van der Waals surface area contributed by atoms with Gasteiger partial charge in [-0.25, -0.2) is 0 Å². The standard InChI is InChI=1S/C28H25F6N3O5/c1-40-24-14-19(42-28(32,33)34)7-9-22(24)41-23-12-16(15-2-5-17(6-3-15)27(29,30)31)4-8-20(23)26(39)37-18-10-11-36-21(13-18)25(35)38/h4,7-15,17H,2-3,5-6H2,1H3,(H2,35,38)(H,36,37,39). The van der Waals surface area contributed by atoms with Gasteiger partial charge in [0.1, 0.15) is 17.2 Å². The van der Waals surface area contributed by atoms with Crippen LogP contribution in [0.4, 0.5) is 32.0 Å². The van der Waals surface area contributed by atoms with Gasteiger partial charge < -0.3 is 25.3 Å². The zero-order chi connectivity index (χ0) is 30.7. The van der Waals surface area contributed by atoms with E-state index >= 15 is 0 Å². The van der Waals surface area contributed by atoms with Gasteiger partial charge in [0.15, 0.2) is 11.5 Å². The Morgan fingerprint density at radius 3 is 2.24 bits per heavy atom. The number of nitrogens with two attached hydrogens (primary N) is 1. The van der Waals surface area contributed by atoms with Crippen molar-refractivity contribution in [3.63, 3.8) is 0 Å².